The molecule has 0 aliphatic rings. The predicted molar refractivity (Wildman–Crippen MR) is 79.8 cm³/mol. The second kappa shape index (κ2) is 7.11. The van der Waals surface area contributed by atoms with E-state index in [1.807, 2.05) is 0 Å². The van der Waals surface area contributed by atoms with Crippen LogP contribution in [-0.2, 0) is 31.0 Å². The predicted octanol–water partition coefficient (Wildman–Crippen LogP) is 0.954. The molecule has 1 amide bonds. The molecule has 2 heterocycles. The van der Waals surface area contributed by atoms with Crippen molar-refractivity contribution in [2.24, 2.45) is 7.05 Å². The molecule has 0 spiro atoms. The minimum Gasteiger partial charge on any atom is -0.361 e. The van der Waals surface area contributed by atoms with Crippen LogP contribution in [0, 0.1) is 13.8 Å². The first-order valence-corrected chi connectivity index (χ1v) is 7.50. The number of aryl methyl sites for hydroxylation is 2. The van der Waals surface area contributed by atoms with Gasteiger partial charge in [0.05, 0.1) is 12.2 Å². The molecule has 0 saturated heterocycles. The molecular weight excluding hydrogens is 343 g/mol. The largest absolute Gasteiger partial charge is 0.451 e. The number of hydrogen-bond donors (Lipinski definition) is 1. The van der Waals surface area contributed by atoms with Crippen LogP contribution < -0.4 is 11.0 Å². The molecule has 2 aromatic heterocycles. The molecule has 0 fully saturated rings. The summed E-state index contributed by atoms with van der Waals surface area (Å²) in [6.07, 6.45) is -4.10. The Hall–Kier alpha value is -2.59. The van der Waals surface area contributed by atoms with Gasteiger partial charge in [0.1, 0.15) is 5.76 Å². The Kier molecular flexibility index (Phi) is 5.33. The number of halogens is 3. The van der Waals surface area contributed by atoms with Gasteiger partial charge in [-0.15, -0.1) is 5.10 Å². The number of amides is 1. The Bertz CT molecular complexity index is 799. The average Bonchev–Trinajstić information content (AvgIpc) is 2.99. The third-order valence-electron chi connectivity index (χ3n) is 3.72. The number of carbonyl (C=O) groups is 1. The Balaban J connectivity index is 1.87. The van der Waals surface area contributed by atoms with Crippen molar-refractivity contribution in [3.05, 3.63) is 33.3 Å². The summed E-state index contributed by atoms with van der Waals surface area (Å²) in [4.78, 5) is 23.5. The summed E-state index contributed by atoms with van der Waals surface area (Å²) in [6.45, 7) is 3.36. The highest BCUT2D eigenvalue weighted by Gasteiger charge is 2.37. The first kappa shape index (κ1) is 18.7. The van der Waals surface area contributed by atoms with Crippen LogP contribution in [0.2, 0.25) is 0 Å². The fourth-order valence-corrected chi connectivity index (χ4v) is 2.37. The molecule has 0 unspecified atom stereocenters. The van der Waals surface area contributed by atoms with Crippen molar-refractivity contribution in [2.75, 3.05) is 6.54 Å². The lowest BCUT2D eigenvalue weighted by molar-refractivity contribution is -0.147. The summed E-state index contributed by atoms with van der Waals surface area (Å²) in [5.41, 5.74) is 0.674. The first-order valence-electron chi connectivity index (χ1n) is 7.50. The Morgan fingerprint density at radius 2 is 2.00 bits per heavy atom. The monoisotopic (exact) mass is 361 g/mol. The van der Waals surface area contributed by atoms with Crippen LogP contribution in [0.15, 0.2) is 9.32 Å². The van der Waals surface area contributed by atoms with E-state index < -0.39 is 17.7 Å². The van der Waals surface area contributed by atoms with Gasteiger partial charge in [0.2, 0.25) is 11.7 Å². The second-order valence-corrected chi connectivity index (χ2v) is 5.54. The van der Waals surface area contributed by atoms with Crippen molar-refractivity contribution in [3.8, 4) is 0 Å². The molecule has 138 valence electrons. The van der Waals surface area contributed by atoms with E-state index in [4.69, 9.17) is 4.52 Å². The lowest BCUT2D eigenvalue weighted by Crippen LogP contribution is -2.32. The normalized spacial score (nSPS) is 11.8. The fourth-order valence-electron chi connectivity index (χ4n) is 2.37. The Morgan fingerprint density at radius 1 is 1.32 bits per heavy atom. The standard InChI is InChI=1S/C14H18F3N5O3/c1-8-10(9(2)25-20-8)4-5-11(23)18-6-7-22-13(24)21(3)12(19-22)14(15,16)17/h4-7H2,1-3H3,(H,18,23). The van der Waals surface area contributed by atoms with E-state index in [2.05, 4.69) is 15.6 Å². The number of aromatic nitrogens is 4. The third kappa shape index (κ3) is 4.28. The molecule has 0 aliphatic carbocycles. The smallest absolute Gasteiger partial charge is 0.361 e. The van der Waals surface area contributed by atoms with Gasteiger partial charge in [0.15, 0.2) is 0 Å². The Labute approximate surface area is 140 Å². The molecular formula is C14H18F3N5O3. The van der Waals surface area contributed by atoms with Crippen LogP contribution in [0.5, 0.6) is 0 Å². The highest BCUT2D eigenvalue weighted by atomic mass is 19.4. The lowest BCUT2D eigenvalue weighted by atomic mass is 10.1. The van der Waals surface area contributed by atoms with Gasteiger partial charge in [-0.3, -0.25) is 9.36 Å². The minimum atomic E-state index is -4.71. The molecule has 0 radical (unpaired) electrons. The van der Waals surface area contributed by atoms with Gasteiger partial charge in [0.25, 0.3) is 0 Å². The second-order valence-electron chi connectivity index (χ2n) is 5.54. The molecule has 0 aromatic carbocycles. The SMILES string of the molecule is Cc1noc(C)c1CCC(=O)NCCn1nc(C(F)(F)F)n(C)c1=O. The number of rotatable bonds is 6. The molecule has 0 saturated carbocycles. The van der Waals surface area contributed by atoms with E-state index in [0.717, 1.165) is 12.6 Å². The molecule has 0 bridgehead atoms. The molecule has 0 aliphatic heterocycles. The zero-order valence-corrected chi connectivity index (χ0v) is 14.0. The van der Waals surface area contributed by atoms with Crippen LogP contribution in [0.1, 0.15) is 29.3 Å². The number of nitrogens with zero attached hydrogens (tertiary/aromatic N) is 4. The van der Waals surface area contributed by atoms with Gasteiger partial charge in [-0.1, -0.05) is 5.16 Å². The highest BCUT2D eigenvalue weighted by molar-refractivity contribution is 5.76. The Morgan fingerprint density at radius 3 is 2.52 bits per heavy atom. The summed E-state index contributed by atoms with van der Waals surface area (Å²) in [5, 5.41) is 9.59. The topological polar surface area (TPSA) is 94.9 Å². The van der Waals surface area contributed by atoms with Crippen molar-refractivity contribution < 1.29 is 22.5 Å². The maximum absolute atomic E-state index is 12.7. The highest BCUT2D eigenvalue weighted by Crippen LogP contribution is 2.25. The molecule has 8 nitrogen and oxygen atoms in total. The minimum absolute atomic E-state index is 0.00531. The summed E-state index contributed by atoms with van der Waals surface area (Å²) in [7, 11) is 0.997. The van der Waals surface area contributed by atoms with Crippen molar-refractivity contribution in [1.29, 1.82) is 0 Å². The summed E-state index contributed by atoms with van der Waals surface area (Å²) < 4.78 is 44.1. The van der Waals surface area contributed by atoms with Crippen molar-refractivity contribution in [1.82, 2.24) is 24.8 Å². The first-order chi connectivity index (χ1) is 11.6. The van der Waals surface area contributed by atoms with Crippen molar-refractivity contribution >= 4 is 5.91 Å². The van der Waals surface area contributed by atoms with E-state index in [1.54, 1.807) is 13.8 Å². The van der Waals surface area contributed by atoms with Gasteiger partial charge in [-0.05, 0) is 20.3 Å². The number of nitrogens with one attached hydrogen (secondary N) is 1. The molecule has 1 N–H and O–H groups in total. The number of alkyl halides is 3. The van der Waals surface area contributed by atoms with Gasteiger partial charge >= 0.3 is 11.9 Å². The summed E-state index contributed by atoms with van der Waals surface area (Å²) >= 11 is 0. The quantitative estimate of drug-likeness (QED) is 0.827. The van der Waals surface area contributed by atoms with Crippen molar-refractivity contribution in [2.45, 2.75) is 39.4 Å². The molecule has 2 aromatic rings. The van der Waals surface area contributed by atoms with Crippen molar-refractivity contribution in [3.63, 3.8) is 0 Å². The van der Waals surface area contributed by atoms with Gasteiger partial charge in [0, 0.05) is 25.6 Å². The maximum atomic E-state index is 12.7. The van der Waals surface area contributed by atoms with E-state index in [0.29, 0.717) is 27.1 Å². The van der Waals surface area contributed by atoms with Gasteiger partial charge in [-0.2, -0.15) is 13.2 Å². The van der Waals surface area contributed by atoms with E-state index in [9.17, 15) is 22.8 Å². The van der Waals surface area contributed by atoms with Gasteiger partial charge in [-0.25, -0.2) is 9.48 Å². The molecule has 0 atom stereocenters. The van der Waals surface area contributed by atoms with Crippen LogP contribution in [0.4, 0.5) is 13.2 Å². The van der Waals surface area contributed by atoms with E-state index >= 15 is 0 Å². The van der Waals surface area contributed by atoms with Crippen LogP contribution in [0.25, 0.3) is 0 Å². The number of carbonyl (C=O) groups excluding carboxylic acids is 1. The van der Waals surface area contributed by atoms with Crippen LogP contribution >= 0.6 is 0 Å². The van der Waals surface area contributed by atoms with E-state index in [-0.39, 0.29) is 25.4 Å². The van der Waals surface area contributed by atoms with Crippen LogP contribution in [0.3, 0.4) is 0 Å². The zero-order valence-electron chi connectivity index (χ0n) is 14.0. The molecule has 25 heavy (non-hydrogen) atoms. The molecule has 11 heteroatoms. The lowest BCUT2D eigenvalue weighted by Gasteiger charge is -2.05. The van der Waals surface area contributed by atoms with Gasteiger partial charge < -0.3 is 9.84 Å². The van der Waals surface area contributed by atoms with E-state index in [1.165, 1.54) is 0 Å². The zero-order chi connectivity index (χ0) is 18.8. The fraction of sp³-hybridized carbons (Fsp3) is 0.571. The summed E-state index contributed by atoms with van der Waals surface area (Å²) in [6, 6.07) is 0. The van der Waals surface area contributed by atoms with Crippen LogP contribution in [-0.4, -0.2) is 32.0 Å². The molecule has 2 rings (SSSR count). The number of hydrogen-bond acceptors (Lipinski definition) is 5. The summed E-state index contributed by atoms with van der Waals surface area (Å²) in [5.74, 6) is -0.924. The maximum Gasteiger partial charge on any atom is 0.451 e. The third-order valence-corrected chi connectivity index (χ3v) is 3.72. The average molecular weight is 361 g/mol.